The maximum absolute atomic E-state index is 5.52. The summed E-state index contributed by atoms with van der Waals surface area (Å²) >= 11 is 1.50. The summed E-state index contributed by atoms with van der Waals surface area (Å²) in [5.41, 5.74) is 0.954. The van der Waals surface area contributed by atoms with Crippen molar-refractivity contribution < 1.29 is 8.83 Å². The molecule has 126 valence electrons. The lowest BCUT2D eigenvalue weighted by Gasteiger charge is -2.10. The van der Waals surface area contributed by atoms with Crippen molar-refractivity contribution in [3.05, 3.63) is 60.5 Å². The summed E-state index contributed by atoms with van der Waals surface area (Å²) in [6.07, 6.45) is 1.62. The van der Waals surface area contributed by atoms with Crippen LogP contribution in [0, 0.1) is 6.92 Å². The smallest absolute Gasteiger partial charge is 0.229 e. The molecule has 0 saturated carbocycles. The molecule has 1 atom stereocenters. The summed E-state index contributed by atoms with van der Waals surface area (Å²) < 4.78 is 13.0. The van der Waals surface area contributed by atoms with E-state index in [1.165, 1.54) is 11.8 Å². The van der Waals surface area contributed by atoms with E-state index < -0.39 is 0 Å². The molecule has 7 nitrogen and oxygen atoms in total. The zero-order chi connectivity index (χ0) is 17.2. The number of hydrogen-bond donors (Lipinski definition) is 0. The lowest BCUT2D eigenvalue weighted by atomic mass is 10.3. The highest BCUT2D eigenvalue weighted by molar-refractivity contribution is 7.99. The van der Waals surface area contributed by atoms with Gasteiger partial charge in [0, 0.05) is 12.6 Å². The van der Waals surface area contributed by atoms with Gasteiger partial charge in [-0.15, -0.1) is 20.4 Å². The number of rotatable bonds is 5. The van der Waals surface area contributed by atoms with Gasteiger partial charge in [-0.1, -0.05) is 30.0 Å². The zero-order valence-corrected chi connectivity index (χ0v) is 14.5. The van der Waals surface area contributed by atoms with Gasteiger partial charge >= 0.3 is 0 Å². The first-order valence-electron chi connectivity index (χ1n) is 7.74. The Morgan fingerprint density at radius 3 is 2.52 bits per heavy atom. The van der Waals surface area contributed by atoms with Crippen molar-refractivity contribution in [1.29, 1.82) is 0 Å². The largest absolute Gasteiger partial charge is 0.461 e. The first-order valence-corrected chi connectivity index (χ1v) is 8.61. The van der Waals surface area contributed by atoms with E-state index in [-0.39, 0.29) is 5.25 Å². The van der Waals surface area contributed by atoms with Gasteiger partial charge in [0.15, 0.2) is 10.9 Å². The molecule has 1 unspecified atom stereocenters. The number of hydrogen-bond acceptors (Lipinski definition) is 7. The number of benzene rings is 1. The highest BCUT2D eigenvalue weighted by Crippen LogP contribution is 2.36. The minimum Gasteiger partial charge on any atom is -0.461 e. The van der Waals surface area contributed by atoms with Gasteiger partial charge < -0.3 is 8.83 Å². The predicted molar refractivity (Wildman–Crippen MR) is 92.4 cm³/mol. The van der Waals surface area contributed by atoms with Crippen LogP contribution < -0.4 is 0 Å². The van der Waals surface area contributed by atoms with Gasteiger partial charge in [0.1, 0.15) is 0 Å². The topological polar surface area (TPSA) is 82.8 Å². The van der Waals surface area contributed by atoms with Crippen molar-refractivity contribution in [1.82, 2.24) is 25.0 Å². The van der Waals surface area contributed by atoms with Crippen molar-refractivity contribution in [2.75, 3.05) is 0 Å². The monoisotopic (exact) mass is 353 g/mol. The molecule has 3 aromatic heterocycles. The molecule has 1 aromatic carbocycles. The van der Waals surface area contributed by atoms with Gasteiger partial charge in [0.2, 0.25) is 17.6 Å². The Morgan fingerprint density at radius 2 is 1.84 bits per heavy atom. The van der Waals surface area contributed by atoms with Crippen LogP contribution in [0.5, 0.6) is 0 Å². The standard InChI is InChI=1S/C17H15N5O2S/c1-11(16-20-18-12(2)24-16)25-17-21-19-15(14-9-6-10-23-14)22(17)13-7-4-3-5-8-13/h3-11H,1-2H3. The SMILES string of the molecule is Cc1nnc(C(C)Sc2nnc(-c3ccco3)n2-c2ccccc2)o1. The number of para-hydroxylation sites is 1. The van der Waals surface area contributed by atoms with Crippen molar-refractivity contribution in [3.63, 3.8) is 0 Å². The molecular weight excluding hydrogens is 338 g/mol. The minimum atomic E-state index is -0.0580. The number of furan rings is 1. The van der Waals surface area contributed by atoms with Crippen LogP contribution in [-0.2, 0) is 0 Å². The van der Waals surface area contributed by atoms with Crippen LogP contribution in [0.3, 0.4) is 0 Å². The zero-order valence-electron chi connectivity index (χ0n) is 13.7. The van der Waals surface area contributed by atoms with Gasteiger partial charge in [0.25, 0.3) is 0 Å². The van der Waals surface area contributed by atoms with E-state index in [4.69, 9.17) is 8.83 Å². The van der Waals surface area contributed by atoms with E-state index in [0.717, 1.165) is 10.8 Å². The Morgan fingerprint density at radius 1 is 1.00 bits per heavy atom. The second-order valence-corrected chi connectivity index (χ2v) is 6.68. The van der Waals surface area contributed by atoms with E-state index in [1.54, 1.807) is 13.2 Å². The fourth-order valence-corrected chi connectivity index (χ4v) is 3.30. The van der Waals surface area contributed by atoms with Crippen molar-refractivity contribution in [2.24, 2.45) is 0 Å². The van der Waals surface area contributed by atoms with E-state index in [1.807, 2.05) is 54.0 Å². The van der Waals surface area contributed by atoms with Crippen LogP contribution in [0.25, 0.3) is 17.3 Å². The molecule has 0 aliphatic carbocycles. The molecule has 0 radical (unpaired) electrons. The number of nitrogens with zero attached hydrogens (tertiary/aromatic N) is 5. The van der Waals surface area contributed by atoms with E-state index in [0.29, 0.717) is 23.4 Å². The first kappa shape index (κ1) is 15.6. The van der Waals surface area contributed by atoms with E-state index in [9.17, 15) is 0 Å². The highest BCUT2D eigenvalue weighted by Gasteiger charge is 2.22. The Bertz CT molecular complexity index is 962. The lowest BCUT2D eigenvalue weighted by molar-refractivity contribution is 0.470. The van der Waals surface area contributed by atoms with Gasteiger partial charge in [0.05, 0.1) is 11.5 Å². The molecular formula is C17H15N5O2S. The molecule has 0 bridgehead atoms. The summed E-state index contributed by atoms with van der Waals surface area (Å²) in [4.78, 5) is 0. The second-order valence-electron chi connectivity index (χ2n) is 5.37. The summed E-state index contributed by atoms with van der Waals surface area (Å²) in [7, 11) is 0. The third-order valence-electron chi connectivity index (χ3n) is 3.56. The molecule has 0 N–H and O–H groups in total. The summed E-state index contributed by atoms with van der Waals surface area (Å²) in [6, 6.07) is 13.6. The maximum Gasteiger partial charge on any atom is 0.229 e. The number of thioether (sulfide) groups is 1. The van der Waals surface area contributed by atoms with Gasteiger partial charge in [-0.25, -0.2) is 0 Å². The maximum atomic E-state index is 5.52. The van der Waals surface area contributed by atoms with E-state index >= 15 is 0 Å². The Kier molecular flexibility index (Phi) is 4.10. The summed E-state index contributed by atoms with van der Waals surface area (Å²) in [5, 5.41) is 17.3. The fourth-order valence-electron chi connectivity index (χ4n) is 2.41. The molecule has 0 saturated heterocycles. The first-order chi connectivity index (χ1) is 12.2. The number of aryl methyl sites for hydroxylation is 1. The van der Waals surface area contributed by atoms with Crippen LogP contribution >= 0.6 is 11.8 Å². The van der Waals surface area contributed by atoms with Crippen LogP contribution in [0.2, 0.25) is 0 Å². The summed E-state index contributed by atoms with van der Waals surface area (Å²) in [5.74, 6) is 2.41. The molecule has 0 amide bonds. The molecule has 25 heavy (non-hydrogen) atoms. The average molecular weight is 353 g/mol. The van der Waals surface area contributed by atoms with Gasteiger partial charge in [-0.2, -0.15) is 0 Å². The van der Waals surface area contributed by atoms with Crippen LogP contribution in [0.4, 0.5) is 0 Å². The third kappa shape index (κ3) is 3.08. The molecule has 8 heteroatoms. The Balaban J connectivity index is 1.75. The van der Waals surface area contributed by atoms with Gasteiger partial charge in [-0.3, -0.25) is 4.57 Å². The quantitative estimate of drug-likeness (QED) is 0.500. The number of aromatic nitrogens is 5. The minimum absolute atomic E-state index is 0.0580. The van der Waals surface area contributed by atoms with Crippen LogP contribution in [0.1, 0.15) is 24.0 Å². The predicted octanol–water partition coefficient (Wildman–Crippen LogP) is 4.07. The average Bonchev–Trinajstić information content (AvgIpc) is 3.35. The normalized spacial score (nSPS) is 12.4. The highest BCUT2D eigenvalue weighted by atomic mass is 32.2. The van der Waals surface area contributed by atoms with Crippen molar-refractivity contribution >= 4 is 11.8 Å². The summed E-state index contributed by atoms with van der Waals surface area (Å²) in [6.45, 7) is 3.77. The third-order valence-corrected chi connectivity index (χ3v) is 4.59. The Labute approximate surface area is 148 Å². The molecule has 0 spiro atoms. The molecule has 0 aliphatic heterocycles. The Hall–Kier alpha value is -2.87. The molecule has 4 aromatic rings. The molecule has 3 heterocycles. The van der Waals surface area contributed by atoms with Gasteiger partial charge in [-0.05, 0) is 31.2 Å². The lowest BCUT2D eigenvalue weighted by Crippen LogP contribution is -2.00. The van der Waals surface area contributed by atoms with Crippen LogP contribution in [-0.4, -0.2) is 25.0 Å². The molecule has 4 rings (SSSR count). The molecule has 0 aliphatic rings. The van der Waals surface area contributed by atoms with Crippen LogP contribution in [0.15, 0.2) is 62.7 Å². The second kappa shape index (κ2) is 6.56. The van der Waals surface area contributed by atoms with Crippen molar-refractivity contribution in [3.8, 4) is 17.3 Å². The fraction of sp³-hybridized carbons (Fsp3) is 0.176. The van der Waals surface area contributed by atoms with E-state index in [2.05, 4.69) is 20.4 Å². The van der Waals surface area contributed by atoms with Crippen molar-refractivity contribution in [2.45, 2.75) is 24.3 Å². The molecule has 0 fully saturated rings.